The Hall–Kier alpha value is -4.51. The van der Waals surface area contributed by atoms with Gasteiger partial charge < -0.3 is 33.4 Å². The normalized spacial score (nSPS) is 17.2. The molecule has 0 spiro atoms. The summed E-state index contributed by atoms with van der Waals surface area (Å²) in [7, 11) is 2.11. The molecule has 0 bridgehead atoms. The zero-order valence-electron chi connectivity index (χ0n) is 48.2. The molecule has 3 rings (SSSR count). The second kappa shape index (κ2) is 31.2. The van der Waals surface area contributed by atoms with Gasteiger partial charge in [0.25, 0.3) is 0 Å². The second-order valence-electron chi connectivity index (χ2n) is 22.7. The SMILES string of the molecule is CC[C@H](C)C([C@@H](CC(=O)N1CCC[C@H]1[C@H](OC)[C@@H](C)C(=O)C[C@@H](Cc1ccccc1)C(=O)O)OC)N(C)C(=O)[C@@H](CC(=O)[C@H](C(C)C)N(C)C(=O)CCC[Si](C)(C)O[Si](C)(C)CSc1ncc(CN=[N+]=[N-])cn1)C(C)C. The highest BCUT2D eigenvalue weighted by atomic mass is 32.2. The second-order valence-corrected chi connectivity index (χ2v) is 32.9. The van der Waals surface area contributed by atoms with Gasteiger partial charge in [0.15, 0.2) is 27.6 Å². The molecule has 1 aromatic heterocycles. The largest absolute Gasteiger partial charge is 0.481 e. The number of carbonyl (C=O) groups excluding carboxylic acids is 5. The summed E-state index contributed by atoms with van der Waals surface area (Å²) in [5, 5.41) is 15.0. The first-order chi connectivity index (χ1) is 35.7. The van der Waals surface area contributed by atoms with E-state index in [0.29, 0.717) is 37.4 Å². The molecule has 0 radical (unpaired) electrons. The lowest BCUT2D eigenvalue weighted by molar-refractivity contribution is -0.150. The number of aromatic nitrogens is 2. The van der Waals surface area contributed by atoms with E-state index in [1.54, 1.807) is 59.9 Å². The van der Waals surface area contributed by atoms with Gasteiger partial charge in [-0.3, -0.25) is 28.8 Å². The monoisotopic (exact) mass is 1110 g/mol. The van der Waals surface area contributed by atoms with Crippen LogP contribution in [0.15, 0.2) is 53.0 Å². The number of thioether (sulfide) groups is 1. The molecule has 1 N–H and O–H groups in total. The number of carboxylic acids is 1. The van der Waals surface area contributed by atoms with Gasteiger partial charge in [-0.15, -0.1) is 0 Å². The van der Waals surface area contributed by atoms with E-state index in [0.717, 1.165) is 22.5 Å². The molecule has 18 nitrogen and oxygen atoms in total. The molecule has 1 saturated heterocycles. The molecule has 1 aliphatic heterocycles. The summed E-state index contributed by atoms with van der Waals surface area (Å²) in [6.07, 6.45) is 4.76. The lowest BCUT2D eigenvalue weighted by atomic mass is 9.83. The van der Waals surface area contributed by atoms with Crippen LogP contribution in [0.3, 0.4) is 0 Å². The zero-order valence-corrected chi connectivity index (χ0v) is 51.0. The minimum atomic E-state index is -2.19. The Morgan fingerprint density at radius 2 is 1.53 bits per heavy atom. The lowest BCUT2D eigenvalue weighted by Crippen LogP contribution is -2.54. The number of carboxylic acid groups (broad SMARTS) is 1. The van der Waals surface area contributed by atoms with Crippen molar-refractivity contribution in [3.05, 3.63) is 64.3 Å². The molecule has 1 unspecified atom stereocenters. The number of carbonyl (C=O) groups is 6. The predicted molar refractivity (Wildman–Crippen MR) is 302 cm³/mol. The number of likely N-dealkylation sites (tertiary alicyclic amines) is 1. The number of Topliss-reactive ketones (excluding diaryl/α,β-unsaturated/α-hetero) is 2. The molecule has 1 aliphatic rings. The van der Waals surface area contributed by atoms with E-state index in [-0.39, 0.29) is 85.7 Å². The van der Waals surface area contributed by atoms with Gasteiger partial charge in [0.05, 0.1) is 49.2 Å². The summed E-state index contributed by atoms with van der Waals surface area (Å²) >= 11 is 1.54. The molecule has 2 aromatic rings. The van der Waals surface area contributed by atoms with E-state index in [1.165, 1.54) is 14.2 Å². The molecule has 9 atom stereocenters. The van der Waals surface area contributed by atoms with E-state index in [2.05, 4.69) is 46.2 Å². The highest BCUT2D eigenvalue weighted by molar-refractivity contribution is 8.00. The van der Waals surface area contributed by atoms with Crippen molar-refractivity contribution in [1.29, 1.82) is 0 Å². The third kappa shape index (κ3) is 19.7. The minimum absolute atomic E-state index is 0.0395. The van der Waals surface area contributed by atoms with Crippen molar-refractivity contribution in [2.45, 2.75) is 181 Å². The van der Waals surface area contributed by atoms with Gasteiger partial charge in [-0.2, -0.15) is 0 Å². The average molecular weight is 1110 g/mol. The standard InChI is InChI=1S/C55H90N8O10SSi2/c1-16-38(6)51(47(71-10)31-49(67)63-26-20-24-44(63)52(72-11)39(7)45(64)29-42(54(69)70)28-40-22-18-17-19-23-40)62(9)53(68)43(36(2)3)30-46(65)50(37(4)5)61(8)48(66)25-21-27-75(12,13)73-76(14,15)35-74-55-57-32-41(33-58-55)34-59-60-56/h17-19,22-23,32-33,36-39,42-44,47,50-52H,16,20-21,24-31,34-35H2,1-15H3,(H,69,70)/t38-,39-,42+,43-,44-,47+,50-,51?,52+/m0/s1. The minimum Gasteiger partial charge on any atom is -0.481 e. The van der Waals surface area contributed by atoms with Gasteiger partial charge in [0, 0.05) is 88.6 Å². The Bertz CT molecular complexity index is 2250. The maximum atomic E-state index is 14.8. The van der Waals surface area contributed by atoms with Crippen molar-refractivity contribution in [3.63, 3.8) is 0 Å². The fourth-order valence-corrected chi connectivity index (χ4v) is 21.2. The Morgan fingerprint density at radius 3 is 2.08 bits per heavy atom. The maximum absolute atomic E-state index is 14.8. The number of hydrogen-bond donors (Lipinski definition) is 1. The van der Waals surface area contributed by atoms with Gasteiger partial charge in [-0.05, 0) is 92.3 Å². The molecule has 3 amide bonds. The number of aliphatic carboxylic acids is 1. The van der Waals surface area contributed by atoms with Crippen LogP contribution in [0.25, 0.3) is 10.4 Å². The van der Waals surface area contributed by atoms with E-state index in [1.807, 2.05) is 71.9 Å². The number of amides is 3. The van der Waals surface area contributed by atoms with Crippen LogP contribution in [-0.2, 0) is 55.3 Å². The summed E-state index contributed by atoms with van der Waals surface area (Å²) in [5.74, 6) is -4.85. The number of nitrogens with zero attached hydrogens (tertiary/aromatic N) is 8. The molecule has 0 saturated carbocycles. The summed E-state index contributed by atoms with van der Waals surface area (Å²) in [6.45, 7) is 22.8. The van der Waals surface area contributed by atoms with Crippen molar-refractivity contribution in [2.75, 3.05) is 40.2 Å². The number of benzene rings is 1. The number of ether oxygens (including phenoxy) is 2. The van der Waals surface area contributed by atoms with Crippen LogP contribution in [-0.4, -0.2) is 152 Å². The van der Waals surface area contributed by atoms with Crippen molar-refractivity contribution in [2.24, 2.45) is 40.6 Å². The van der Waals surface area contributed by atoms with Crippen molar-refractivity contribution in [3.8, 4) is 0 Å². The molecule has 21 heteroatoms. The zero-order chi connectivity index (χ0) is 57.1. The number of hydrogen-bond acceptors (Lipinski definition) is 13. The van der Waals surface area contributed by atoms with Crippen molar-refractivity contribution >= 4 is 63.7 Å². The van der Waals surface area contributed by atoms with Gasteiger partial charge in [-0.25, -0.2) is 9.97 Å². The topological polar surface area (TPSA) is 235 Å². The van der Waals surface area contributed by atoms with Gasteiger partial charge in [0.2, 0.25) is 17.7 Å². The molecular weight excluding hydrogens is 1020 g/mol. The Morgan fingerprint density at radius 1 is 0.882 bits per heavy atom. The van der Waals surface area contributed by atoms with Gasteiger partial charge in [-0.1, -0.05) is 102 Å². The first-order valence-corrected chi connectivity index (χ1v) is 34.3. The summed E-state index contributed by atoms with van der Waals surface area (Å²) in [4.78, 5) is 100. The molecule has 1 fully saturated rings. The fraction of sp³-hybridized carbons (Fsp3) is 0.709. The highest BCUT2D eigenvalue weighted by Gasteiger charge is 2.44. The van der Waals surface area contributed by atoms with Crippen LogP contribution >= 0.6 is 11.8 Å². The summed E-state index contributed by atoms with van der Waals surface area (Å²) in [6, 6.07) is 8.30. The van der Waals surface area contributed by atoms with Crippen LogP contribution in [0.4, 0.5) is 0 Å². The number of rotatable bonds is 34. The maximum Gasteiger partial charge on any atom is 0.307 e. The van der Waals surface area contributed by atoms with Crippen LogP contribution in [0.2, 0.25) is 32.2 Å². The number of azide groups is 1. The average Bonchev–Trinajstić information content (AvgIpc) is 3.85. The van der Waals surface area contributed by atoms with E-state index < -0.39 is 70.7 Å². The molecule has 1 aromatic carbocycles. The van der Waals surface area contributed by atoms with Gasteiger partial charge in [0.1, 0.15) is 5.78 Å². The van der Waals surface area contributed by atoms with Gasteiger partial charge >= 0.3 is 5.97 Å². The summed E-state index contributed by atoms with van der Waals surface area (Å²) in [5.41, 5.74) is 10.1. The highest BCUT2D eigenvalue weighted by Crippen LogP contribution is 2.33. The van der Waals surface area contributed by atoms with E-state index >= 15 is 0 Å². The number of methoxy groups -OCH3 is 2. The molecule has 424 valence electrons. The predicted octanol–water partition coefficient (Wildman–Crippen LogP) is 9.66. The van der Waals surface area contributed by atoms with Crippen molar-refractivity contribution in [1.82, 2.24) is 24.7 Å². The van der Waals surface area contributed by atoms with Crippen molar-refractivity contribution < 1.29 is 47.5 Å². The Labute approximate surface area is 459 Å². The number of ketones is 2. The molecule has 2 heterocycles. The van der Waals surface area contributed by atoms with E-state index in [9.17, 15) is 33.9 Å². The molecule has 76 heavy (non-hydrogen) atoms. The van der Waals surface area contributed by atoms with Crippen LogP contribution in [0, 0.1) is 35.5 Å². The summed E-state index contributed by atoms with van der Waals surface area (Å²) < 4.78 is 18.9. The Kier molecular flexibility index (Phi) is 27.0. The third-order valence-corrected chi connectivity index (χ3v) is 24.9. The molecule has 0 aliphatic carbocycles. The van der Waals surface area contributed by atoms with Crippen LogP contribution in [0.5, 0.6) is 0 Å². The quantitative estimate of drug-likeness (QED) is 0.0172. The Balaban J connectivity index is 1.68. The third-order valence-electron chi connectivity index (χ3n) is 15.1. The first kappa shape index (κ1) is 65.8. The molecular formula is C55H90N8O10SSi2. The fourth-order valence-electron chi connectivity index (χ4n) is 10.8. The lowest BCUT2D eigenvalue weighted by Gasteiger charge is -2.41. The number of likely N-dealkylation sites (N-methyl/N-ethyl adjacent to an activating group) is 2. The van der Waals surface area contributed by atoms with Crippen LogP contribution < -0.4 is 0 Å². The van der Waals surface area contributed by atoms with E-state index in [4.69, 9.17) is 19.1 Å². The van der Waals surface area contributed by atoms with Crippen LogP contribution in [0.1, 0.15) is 111 Å². The first-order valence-electron chi connectivity index (χ1n) is 27.1. The smallest absolute Gasteiger partial charge is 0.307 e.